The van der Waals surface area contributed by atoms with E-state index in [-0.39, 0.29) is 0 Å². The molecule has 1 rings (SSSR count). The van der Waals surface area contributed by atoms with E-state index in [1.807, 2.05) is 0 Å². The molecule has 0 amide bonds. The van der Waals surface area contributed by atoms with Crippen LogP contribution in [0.2, 0.25) is 0 Å². The summed E-state index contributed by atoms with van der Waals surface area (Å²) in [5.41, 5.74) is 0. The molecule has 1 fully saturated rings. The van der Waals surface area contributed by atoms with Crippen molar-refractivity contribution in [2.75, 3.05) is 40.3 Å². The first-order valence-corrected chi connectivity index (χ1v) is 7.21. The molecule has 1 saturated heterocycles. The van der Waals surface area contributed by atoms with Gasteiger partial charge >= 0.3 is 0 Å². The standard InChI is InChI=1S/C14H31N3/c1-13(2)15-9-6-5-7-10-17-11-8-14(12-17)16(3)4/h13-15H,5-12H2,1-4H3. The van der Waals surface area contributed by atoms with E-state index in [4.69, 9.17) is 0 Å². The number of likely N-dealkylation sites (tertiary alicyclic amines) is 1. The predicted octanol–water partition coefficient (Wildman–Crippen LogP) is 1.79. The summed E-state index contributed by atoms with van der Waals surface area (Å²) in [5, 5.41) is 3.48. The molecule has 0 aliphatic carbocycles. The fourth-order valence-electron chi connectivity index (χ4n) is 2.46. The summed E-state index contributed by atoms with van der Waals surface area (Å²) in [7, 11) is 4.40. The van der Waals surface area contributed by atoms with Gasteiger partial charge in [-0.1, -0.05) is 20.3 Å². The molecule has 3 heteroatoms. The van der Waals surface area contributed by atoms with Crippen LogP contribution < -0.4 is 5.32 Å². The van der Waals surface area contributed by atoms with Crippen molar-refractivity contribution < 1.29 is 0 Å². The van der Waals surface area contributed by atoms with Gasteiger partial charge in [0.15, 0.2) is 0 Å². The average Bonchev–Trinajstić information content (AvgIpc) is 2.71. The first-order chi connectivity index (χ1) is 8.09. The Kier molecular flexibility index (Phi) is 7.09. The fraction of sp³-hybridized carbons (Fsp3) is 1.00. The Balaban J connectivity index is 1.94. The number of hydrogen-bond acceptors (Lipinski definition) is 3. The van der Waals surface area contributed by atoms with Gasteiger partial charge in [-0.2, -0.15) is 0 Å². The second kappa shape index (κ2) is 8.06. The van der Waals surface area contributed by atoms with E-state index in [2.05, 4.69) is 43.1 Å². The highest BCUT2D eigenvalue weighted by atomic mass is 15.2. The van der Waals surface area contributed by atoms with E-state index in [0.29, 0.717) is 6.04 Å². The Labute approximate surface area is 108 Å². The number of nitrogens with zero attached hydrogens (tertiary/aromatic N) is 2. The largest absolute Gasteiger partial charge is 0.315 e. The lowest BCUT2D eigenvalue weighted by Gasteiger charge is -2.20. The highest BCUT2D eigenvalue weighted by Gasteiger charge is 2.22. The van der Waals surface area contributed by atoms with Gasteiger partial charge in [0.1, 0.15) is 0 Å². The van der Waals surface area contributed by atoms with Gasteiger partial charge in [0.2, 0.25) is 0 Å². The number of rotatable bonds is 8. The molecule has 1 N–H and O–H groups in total. The smallest absolute Gasteiger partial charge is 0.0229 e. The lowest BCUT2D eigenvalue weighted by molar-refractivity contribution is 0.265. The maximum atomic E-state index is 3.48. The van der Waals surface area contributed by atoms with Gasteiger partial charge in [-0.05, 0) is 53.0 Å². The third-order valence-electron chi connectivity index (χ3n) is 3.68. The van der Waals surface area contributed by atoms with E-state index in [1.54, 1.807) is 0 Å². The van der Waals surface area contributed by atoms with Gasteiger partial charge in [-0.3, -0.25) is 0 Å². The van der Waals surface area contributed by atoms with Crippen LogP contribution in [0.5, 0.6) is 0 Å². The molecule has 0 bridgehead atoms. The minimum absolute atomic E-state index is 0.634. The van der Waals surface area contributed by atoms with Crippen molar-refractivity contribution in [1.29, 1.82) is 0 Å². The average molecular weight is 241 g/mol. The van der Waals surface area contributed by atoms with E-state index in [0.717, 1.165) is 6.04 Å². The van der Waals surface area contributed by atoms with Crippen LogP contribution in [0.15, 0.2) is 0 Å². The molecule has 102 valence electrons. The van der Waals surface area contributed by atoms with Gasteiger partial charge in [0.05, 0.1) is 0 Å². The van der Waals surface area contributed by atoms with Crippen LogP contribution in [0, 0.1) is 0 Å². The van der Waals surface area contributed by atoms with Gasteiger partial charge in [-0.15, -0.1) is 0 Å². The molecule has 1 aliphatic rings. The van der Waals surface area contributed by atoms with Crippen LogP contribution in [0.3, 0.4) is 0 Å². The van der Waals surface area contributed by atoms with Crippen LogP contribution in [0.25, 0.3) is 0 Å². The minimum Gasteiger partial charge on any atom is -0.315 e. The second-order valence-corrected chi connectivity index (χ2v) is 5.88. The molecule has 0 aromatic heterocycles. The second-order valence-electron chi connectivity index (χ2n) is 5.88. The molecule has 1 aliphatic heterocycles. The monoisotopic (exact) mass is 241 g/mol. The maximum absolute atomic E-state index is 3.48. The lowest BCUT2D eigenvalue weighted by atomic mass is 10.2. The summed E-state index contributed by atoms with van der Waals surface area (Å²) in [6, 6.07) is 1.42. The molecule has 3 nitrogen and oxygen atoms in total. The molecule has 0 aromatic rings. The molecule has 1 unspecified atom stereocenters. The quantitative estimate of drug-likeness (QED) is 0.654. The molecule has 17 heavy (non-hydrogen) atoms. The van der Waals surface area contributed by atoms with Crippen LogP contribution >= 0.6 is 0 Å². The fourth-order valence-corrected chi connectivity index (χ4v) is 2.46. The van der Waals surface area contributed by atoms with Gasteiger partial charge in [0.25, 0.3) is 0 Å². The SMILES string of the molecule is CC(C)NCCCCCN1CCC(N(C)C)C1. The van der Waals surface area contributed by atoms with Crippen LogP contribution in [-0.4, -0.2) is 62.2 Å². The Morgan fingerprint density at radius 1 is 1.24 bits per heavy atom. The van der Waals surface area contributed by atoms with E-state index >= 15 is 0 Å². The summed E-state index contributed by atoms with van der Waals surface area (Å²) in [6.07, 6.45) is 5.40. The Morgan fingerprint density at radius 3 is 2.59 bits per heavy atom. The van der Waals surface area contributed by atoms with Crippen molar-refractivity contribution in [3.05, 3.63) is 0 Å². The lowest BCUT2D eigenvalue weighted by Crippen LogP contribution is -2.31. The maximum Gasteiger partial charge on any atom is 0.0229 e. The van der Waals surface area contributed by atoms with Gasteiger partial charge in [-0.25, -0.2) is 0 Å². The topological polar surface area (TPSA) is 18.5 Å². The Hall–Kier alpha value is -0.120. The first kappa shape index (κ1) is 14.9. The predicted molar refractivity (Wildman–Crippen MR) is 75.5 cm³/mol. The van der Waals surface area contributed by atoms with Crippen molar-refractivity contribution in [3.8, 4) is 0 Å². The Morgan fingerprint density at radius 2 is 2.00 bits per heavy atom. The first-order valence-electron chi connectivity index (χ1n) is 7.21. The summed E-state index contributed by atoms with van der Waals surface area (Å²) in [6.45, 7) is 9.48. The molecule has 1 atom stereocenters. The van der Waals surface area contributed by atoms with Gasteiger partial charge < -0.3 is 15.1 Å². The van der Waals surface area contributed by atoms with Crippen LogP contribution in [0.4, 0.5) is 0 Å². The van der Waals surface area contributed by atoms with Crippen molar-refractivity contribution >= 4 is 0 Å². The third-order valence-corrected chi connectivity index (χ3v) is 3.68. The highest BCUT2D eigenvalue weighted by Crippen LogP contribution is 2.13. The summed E-state index contributed by atoms with van der Waals surface area (Å²) >= 11 is 0. The van der Waals surface area contributed by atoms with Crippen molar-refractivity contribution in [2.24, 2.45) is 0 Å². The molecule has 0 radical (unpaired) electrons. The van der Waals surface area contributed by atoms with Crippen molar-refractivity contribution in [1.82, 2.24) is 15.1 Å². The molecule has 1 heterocycles. The zero-order valence-corrected chi connectivity index (χ0v) is 12.2. The molecule has 0 spiro atoms. The zero-order valence-electron chi connectivity index (χ0n) is 12.2. The molecule has 0 aromatic carbocycles. The number of nitrogens with one attached hydrogen (secondary N) is 1. The molecular formula is C14H31N3. The van der Waals surface area contributed by atoms with Crippen LogP contribution in [-0.2, 0) is 0 Å². The van der Waals surface area contributed by atoms with Crippen LogP contribution in [0.1, 0.15) is 39.5 Å². The highest BCUT2D eigenvalue weighted by molar-refractivity contribution is 4.80. The normalized spacial score (nSPS) is 21.9. The molecular weight excluding hydrogens is 210 g/mol. The number of unbranched alkanes of at least 4 members (excludes halogenated alkanes) is 2. The third kappa shape index (κ3) is 6.39. The van der Waals surface area contributed by atoms with Gasteiger partial charge in [0, 0.05) is 18.6 Å². The summed E-state index contributed by atoms with van der Waals surface area (Å²) in [5.74, 6) is 0. The summed E-state index contributed by atoms with van der Waals surface area (Å²) in [4.78, 5) is 4.99. The van der Waals surface area contributed by atoms with E-state index in [1.165, 1.54) is 51.9 Å². The van der Waals surface area contributed by atoms with E-state index in [9.17, 15) is 0 Å². The number of likely N-dealkylation sites (N-methyl/N-ethyl adjacent to an activating group) is 1. The Bertz CT molecular complexity index is 192. The summed E-state index contributed by atoms with van der Waals surface area (Å²) < 4.78 is 0. The molecule has 0 saturated carbocycles. The van der Waals surface area contributed by atoms with E-state index < -0.39 is 0 Å². The van der Waals surface area contributed by atoms with Crippen molar-refractivity contribution in [2.45, 2.75) is 51.6 Å². The number of hydrogen-bond donors (Lipinski definition) is 1. The zero-order chi connectivity index (χ0) is 12.7. The minimum atomic E-state index is 0.634. The van der Waals surface area contributed by atoms with Crippen molar-refractivity contribution in [3.63, 3.8) is 0 Å².